The number of nitrogens with zero attached hydrogens (tertiary/aromatic N) is 4. The summed E-state index contributed by atoms with van der Waals surface area (Å²) in [5, 5.41) is 7.53. The molecule has 1 saturated heterocycles. The first kappa shape index (κ1) is 19.4. The summed E-state index contributed by atoms with van der Waals surface area (Å²) in [7, 11) is 0. The van der Waals surface area contributed by atoms with Crippen molar-refractivity contribution in [1.29, 1.82) is 0 Å². The van der Waals surface area contributed by atoms with E-state index < -0.39 is 0 Å². The van der Waals surface area contributed by atoms with E-state index in [1.807, 2.05) is 6.07 Å². The van der Waals surface area contributed by atoms with Crippen LogP contribution in [-0.4, -0.2) is 44.9 Å². The number of thiophene rings is 1. The number of carbonyl (C=O) groups is 1. The van der Waals surface area contributed by atoms with Crippen LogP contribution < -0.4 is 5.32 Å². The zero-order valence-electron chi connectivity index (χ0n) is 17.2. The molecule has 156 valence electrons. The minimum atomic E-state index is -0.0980. The Morgan fingerprint density at radius 2 is 2.20 bits per heavy atom. The Balaban J connectivity index is 1.44. The van der Waals surface area contributed by atoms with E-state index in [0.717, 1.165) is 49.2 Å². The highest BCUT2D eigenvalue weighted by Gasteiger charge is 2.34. The third-order valence-electron chi connectivity index (χ3n) is 5.68. The molecule has 1 amide bonds. The molecule has 30 heavy (non-hydrogen) atoms. The van der Waals surface area contributed by atoms with Crippen molar-refractivity contribution in [3.8, 4) is 17.2 Å². The first-order valence-corrected chi connectivity index (χ1v) is 11.3. The number of aromatic nitrogens is 4. The van der Waals surface area contributed by atoms with Crippen LogP contribution in [0.3, 0.4) is 0 Å². The van der Waals surface area contributed by atoms with E-state index in [1.54, 1.807) is 28.4 Å². The quantitative estimate of drug-likeness (QED) is 0.652. The van der Waals surface area contributed by atoms with Crippen LogP contribution in [0, 0.1) is 13.8 Å². The van der Waals surface area contributed by atoms with E-state index in [2.05, 4.69) is 35.3 Å². The van der Waals surface area contributed by atoms with Crippen LogP contribution >= 0.6 is 11.3 Å². The maximum atomic E-state index is 12.9. The standard InChI is InChI=1S/C22H25N5O2S/c1-13-10-17(14(2)30-13)19-7-8-23-22(26-19)27-20(15-5-6-15)18(12-25-27)21(28)24-11-16-4-3-9-29-16/h7-8,10,12,15-16H,3-6,9,11H2,1-2H3,(H,24,28)/t16-/m0/s1. The number of hydrogen-bond donors (Lipinski definition) is 1. The molecule has 0 radical (unpaired) electrons. The summed E-state index contributed by atoms with van der Waals surface area (Å²) < 4.78 is 7.36. The Morgan fingerprint density at radius 3 is 2.90 bits per heavy atom. The van der Waals surface area contributed by atoms with Crippen LogP contribution in [0.2, 0.25) is 0 Å². The van der Waals surface area contributed by atoms with Gasteiger partial charge in [0.1, 0.15) is 0 Å². The van der Waals surface area contributed by atoms with Crippen LogP contribution in [0.1, 0.15) is 57.4 Å². The van der Waals surface area contributed by atoms with Gasteiger partial charge in [0, 0.05) is 40.6 Å². The summed E-state index contributed by atoms with van der Waals surface area (Å²) in [4.78, 5) is 24.6. The van der Waals surface area contributed by atoms with Gasteiger partial charge in [0.25, 0.3) is 11.9 Å². The number of ether oxygens (including phenoxy) is 1. The van der Waals surface area contributed by atoms with Gasteiger partial charge in [-0.1, -0.05) is 0 Å². The van der Waals surface area contributed by atoms with Gasteiger partial charge in [-0.05, 0) is 51.7 Å². The van der Waals surface area contributed by atoms with Gasteiger partial charge in [-0.3, -0.25) is 4.79 Å². The Hall–Kier alpha value is -2.58. The van der Waals surface area contributed by atoms with Gasteiger partial charge in [0.15, 0.2) is 0 Å². The van der Waals surface area contributed by atoms with Gasteiger partial charge in [0.2, 0.25) is 0 Å². The lowest BCUT2D eigenvalue weighted by Gasteiger charge is -2.12. The first-order chi connectivity index (χ1) is 14.6. The summed E-state index contributed by atoms with van der Waals surface area (Å²) in [6, 6.07) is 4.08. The summed E-state index contributed by atoms with van der Waals surface area (Å²) in [5.74, 6) is 0.739. The summed E-state index contributed by atoms with van der Waals surface area (Å²) in [6.45, 7) is 5.53. The van der Waals surface area contributed by atoms with Crippen molar-refractivity contribution in [2.24, 2.45) is 0 Å². The zero-order chi connectivity index (χ0) is 20.7. The predicted molar refractivity (Wildman–Crippen MR) is 115 cm³/mol. The van der Waals surface area contributed by atoms with E-state index in [-0.39, 0.29) is 12.0 Å². The Morgan fingerprint density at radius 1 is 1.33 bits per heavy atom. The molecule has 1 aliphatic heterocycles. The minimum absolute atomic E-state index is 0.0980. The van der Waals surface area contributed by atoms with E-state index in [1.165, 1.54) is 9.75 Å². The Labute approximate surface area is 179 Å². The van der Waals surface area contributed by atoms with Crippen molar-refractivity contribution in [2.75, 3.05) is 13.2 Å². The van der Waals surface area contributed by atoms with Crippen molar-refractivity contribution in [1.82, 2.24) is 25.1 Å². The number of amides is 1. The highest BCUT2D eigenvalue weighted by atomic mass is 32.1. The molecule has 1 atom stereocenters. The normalized spacial score (nSPS) is 18.7. The smallest absolute Gasteiger partial charge is 0.254 e. The zero-order valence-corrected chi connectivity index (χ0v) is 18.0. The topological polar surface area (TPSA) is 81.9 Å². The molecule has 0 unspecified atom stereocenters. The SMILES string of the molecule is Cc1cc(-c2ccnc(-n3ncc(C(=O)NC[C@@H]4CCCO4)c3C3CC3)n2)c(C)s1. The Bertz CT molecular complexity index is 1080. The minimum Gasteiger partial charge on any atom is -0.376 e. The molecule has 2 aliphatic rings. The number of rotatable bonds is 6. The van der Waals surface area contributed by atoms with Gasteiger partial charge in [-0.2, -0.15) is 5.10 Å². The molecule has 8 heteroatoms. The van der Waals surface area contributed by atoms with Gasteiger partial charge in [-0.15, -0.1) is 11.3 Å². The monoisotopic (exact) mass is 423 g/mol. The molecule has 3 aromatic heterocycles. The van der Waals surface area contributed by atoms with E-state index >= 15 is 0 Å². The maximum absolute atomic E-state index is 12.9. The van der Waals surface area contributed by atoms with Crippen LogP contribution in [0.25, 0.3) is 17.2 Å². The fourth-order valence-electron chi connectivity index (χ4n) is 4.03. The lowest BCUT2D eigenvalue weighted by molar-refractivity contribution is 0.0857. The molecule has 4 heterocycles. The lowest BCUT2D eigenvalue weighted by atomic mass is 10.1. The fourth-order valence-corrected chi connectivity index (χ4v) is 4.97. The molecule has 0 bridgehead atoms. The Kier molecular flexibility index (Phi) is 5.12. The largest absolute Gasteiger partial charge is 0.376 e. The van der Waals surface area contributed by atoms with Crippen LogP contribution in [0.15, 0.2) is 24.5 Å². The van der Waals surface area contributed by atoms with Gasteiger partial charge >= 0.3 is 0 Å². The molecule has 2 fully saturated rings. The third-order valence-corrected chi connectivity index (χ3v) is 6.64. The van der Waals surface area contributed by atoms with Crippen LogP contribution in [0.5, 0.6) is 0 Å². The fraction of sp³-hybridized carbons (Fsp3) is 0.455. The second-order valence-electron chi connectivity index (χ2n) is 8.04. The summed E-state index contributed by atoms with van der Waals surface area (Å²) in [5.41, 5.74) is 3.53. The van der Waals surface area contributed by atoms with Crippen molar-refractivity contribution in [3.05, 3.63) is 45.5 Å². The molecule has 1 N–H and O–H groups in total. The predicted octanol–water partition coefficient (Wildman–Crippen LogP) is 3.79. The van der Waals surface area contributed by atoms with Crippen molar-refractivity contribution in [3.63, 3.8) is 0 Å². The van der Waals surface area contributed by atoms with Crippen LogP contribution in [0.4, 0.5) is 0 Å². The van der Waals surface area contributed by atoms with Gasteiger partial charge in [-0.25, -0.2) is 14.6 Å². The molecule has 5 rings (SSSR count). The number of carbonyl (C=O) groups excluding carboxylic acids is 1. The highest BCUT2D eigenvalue weighted by Crippen LogP contribution is 2.42. The van der Waals surface area contributed by atoms with Crippen molar-refractivity contribution < 1.29 is 9.53 Å². The molecule has 1 aliphatic carbocycles. The molecular formula is C22H25N5O2S. The second kappa shape index (κ2) is 7.92. The molecule has 7 nitrogen and oxygen atoms in total. The number of hydrogen-bond acceptors (Lipinski definition) is 6. The highest BCUT2D eigenvalue weighted by molar-refractivity contribution is 7.12. The molecule has 1 saturated carbocycles. The molecule has 0 spiro atoms. The lowest BCUT2D eigenvalue weighted by Crippen LogP contribution is -2.32. The van der Waals surface area contributed by atoms with Crippen molar-refractivity contribution in [2.45, 2.75) is 51.6 Å². The van der Waals surface area contributed by atoms with Crippen LogP contribution in [-0.2, 0) is 4.74 Å². The average Bonchev–Trinajstić information content (AvgIpc) is 3.14. The molecule has 3 aromatic rings. The summed E-state index contributed by atoms with van der Waals surface area (Å²) in [6.07, 6.45) is 7.69. The molecule has 0 aromatic carbocycles. The maximum Gasteiger partial charge on any atom is 0.254 e. The van der Waals surface area contributed by atoms with Gasteiger partial charge < -0.3 is 10.1 Å². The van der Waals surface area contributed by atoms with E-state index in [9.17, 15) is 4.79 Å². The van der Waals surface area contributed by atoms with Gasteiger partial charge in [0.05, 0.1) is 29.3 Å². The average molecular weight is 424 g/mol. The third kappa shape index (κ3) is 3.77. The van der Waals surface area contributed by atoms with E-state index in [4.69, 9.17) is 9.72 Å². The summed E-state index contributed by atoms with van der Waals surface area (Å²) >= 11 is 1.76. The second-order valence-corrected chi connectivity index (χ2v) is 9.50. The van der Waals surface area contributed by atoms with E-state index in [0.29, 0.717) is 24.0 Å². The number of nitrogens with one attached hydrogen (secondary N) is 1. The number of aryl methyl sites for hydroxylation is 2. The first-order valence-electron chi connectivity index (χ1n) is 10.5. The van der Waals surface area contributed by atoms with Crippen molar-refractivity contribution >= 4 is 17.2 Å². The molecular weight excluding hydrogens is 398 g/mol.